The first-order chi connectivity index (χ1) is 12.1. The summed E-state index contributed by atoms with van der Waals surface area (Å²) in [6.45, 7) is 6.33. The quantitative estimate of drug-likeness (QED) is 0.556. The lowest BCUT2D eigenvalue weighted by Crippen LogP contribution is -2.04. The van der Waals surface area contributed by atoms with Crippen molar-refractivity contribution in [3.8, 4) is 11.3 Å². The maximum atomic E-state index is 6.15. The maximum Gasteiger partial charge on any atom is 0.164 e. The number of fused-ring (bicyclic) bond motifs is 2. The van der Waals surface area contributed by atoms with Crippen molar-refractivity contribution in [1.29, 1.82) is 0 Å². The van der Waals surface area contributed by atoms with Gasteiger partial charge in [0.15, 0.2) is 5.65 Å². The smallest absolute Gasteiger partial charge is 0.164 e. The number of hydrogen-bond acceptors (Lipinski definition) is 6. The molecule has 0 atom stereocenters. The molecular weight excluding hydrogens is 344 g/mol. The predicted octanol–water partition coefficient (Wildman–Crippen LogP) is 4.85. The Morgan fingerprint density at radius 2 is 2.04 bits per heavy atom. The monoisotopic (exact) mass is 368 g/mol. The predicted molar refractivity (Wildman–Crippen MR) is 109 cm³/mol. The fraction of sp³-hybridized carbons (Fsp3) is 0.368. The van der Waals surface area contributed by atoms with Crippen LogP contribution in [0.1, 0.15) is 45.7 Å². The first kappa shape index (κ1) is 18.3. The van der Waals surface area contributed by atoms with Crippen molar-refractivity contribution in [2.24, 2.45) is 0 Å². The Kier molecular flexibility index (Phi) is 4.91. The number of aromatic nitrogens is 5. The number of thiazole rings is 1. The van der Waals surface area contributed by atoms with Gasteiger partial charge in [0.2, 0.25) is 0 Å². The van der Waals surface area contributed by atoms with Crippen LogP contribution in [-0.2, 0) is 6.42 Å². The molecular formula is C19H24N6S. The summed E-state index contributed by atoms with van der Waals surface area (Å²) >= 11 is 1.75. The molecule has 2 N–H and O–H groups in total. The van der Waals surface area contributed by atoms with E-state index in [0.717, 1.165) is 40.6 Å². The lowest BCUT2D eigenvalue weighted by molar-refractivity contribution is 0.548. The molecule has 4 rings (SSSR count). The van der Waals surface area contributed by atoms with E-state index in [4.69, 9.17) is 15.8 Å². The third kappa shape index (κ3) is 2.92. The Morgan fingerprint density at radius 1 is 1.23 bits per heavy atom. The summed E-state index contributed by atoms with van der Waals surface area (Å²) in [5.41, 5.74) is 9.80. The summed E-state index contributed by atoms with van der Waals surface area (Å²) in [5, 5.41) is 6.78. The number of aryl methyl sites for hydroxylation is 1. The molecule has 0 aliphatic rings. The van der Waals surface area contributed by atoms with Gasteiger partial charge in [-0.15, -0.1) is 11.3 Å². The Hall–Kier alpha value is -2.54. The van der Waals surface area contributed by atoms with Gasteiger partial charge in [-0.1, -0.05) is 20.4 Å². The minimum Gasteiger partial charge on any atom is -0.383 e. The highest BCUT2D eigenvalue weighted by Crippen LogP contribution is 2.34. The lowest BCUT2D eigenvalue weighted by Gasteiger charge is -2.05. The van der Waals surface area contributed by atoms with Crippen molar-refractivity contribution in [2.45, 2.75) is 47.1 Å². The van der Waals surface area contributed by atoms with Gasteiger partial charge in [0.25, 0.3) is 0 Å². The van der Waals surface area contributed by atoms with E-state index in [1.54, 1.807) is 11.3 Å². The van der Waals surface area contributed by atoms with Gasteiger partial charge in [0.1, 0.15) is 17.8 Å². The highest BCUT2D eigenvalue weighted by Gasteiger charge is 2.19. The standard InChI is InChI=1S/C18H20N6S.CH4/c1-4-5-14-22-12-7-6-11(8-13(12)25-14)16-15-17(19)20-9-21-18(15)24(23-16)10(2)3;/h6-10H,4-5H2,1-3H3,(H2,19,20,21);1H4. The van der Waals surface area contributed by atoms with Crippen molar-refractivity contribution in [2.75, 3.05) is 5.73 Å². The van der Waals surface area contributed by atoms with Crippen molar-refractivity contribution in [3.05, 3.63) is 29.5 Å². The molecule has 7 heteroatoms. The first-order valence-corrected chi connectivity index (χ1v) is 9.28. The molecule has 1 aromatic carbocycles. The molecule has 0 bridgehead atoms. The van der Waals surface area contributed by atoms with Crippen LogP contribution in [0.5, 0.6) is 0 Å². The van der Waals surface area contributed by atoms with Crippen molar-refractivity contribution in [1.82, 2.24) is 24.7 Å². The fourth-order valence-electron chi connectivity index (χ4n) is 3.00. The van der Waals surface area contributed by atoms with Crippen LogP contribution in [0.25, 0.3) is 32.5 Å². The van der Waals surface area contributed by atoms with E-state index in [-0.39, 0.29) is 13.5 Å². The third-order valence-corrected chi connectivity index (χ3v) is 5.26. The van der Waals surface area contributed by atoms with Crippen LogP contribution in [0.3, 0.4) is 0 Å². The van der Waals surface area contributed by atoms with Gasteiger partial charge in [-0.05, 0) is 38.8 Å². The highest BCUT2D eigenvalue weighted by atomic mass is 32.1. The van der Waals surface area contributed by atoms with E-state index in [9.17, 15) is 0 Å². The number of rotatable bonds is 4. The van der Waals surface area contributed by atoms with Gasteiger partial charge in [-0.2, -0.15) is 5.10 Å². The minimum atomic E-state index is 0. The second-order valence-corrected chi connectivity index (χ2v) is 7.50. The second-order valence-electron chi connectivity index (χ2n) is 6.38. The van der Waals surface area contributed by atoms with Crippen LogP contribution in [0, 0.1) is 0 Å². The topological polar surface area (TPSA) is 82.5 Å². The molecule has 0 fully saturated rings. The molecule has 3 aromatic heterocycles. The number of benzene rings is 1. The van der Waals surface area contributed by atoms with Gasteiger partial charge in [0.05, 0.1) is 20.6 Å². The Balaban J connectivity index is 0.00000196. The fourth-order valence-corrected chi connectivity index (χ4v) is 4.11. The number of anilines is 1. The third-order valence-electron chi connectivity index (χ3n) is 4.18. The van der Waals surface area contributed by atoms with Crippen molar-refractivity contribution in [3.63, 3.8) is 0 Å². The largest absolute Gasteiger partial charge is 0.383 e. The molecule has 3 heterocycles. The van der Waals surface area contributed by atoms with E-state index in [1.165, 1.54) is 16.0 Å². The van der Waals surface area contributed by atoms with E-state index in [2.05, 4.69) is 48.9 Å². The summed E-state index contributed by atoms with van der Waals surface area (Å²) in [7, 11) is 0. The van der Waals surface area contributed by atoms with E-state index < -0.39 is 0 Å². The Morgan fingerprint density at radius 3 is 2.77 bits per heavy atom. The van der Waals surface area contributed by atoms with Gasteiger partial charge < -0.3 is 5.73 Å². The zero-order valence-corrected chi connectivity index (χ0v) is 15.3. The normalized spacial score (nSPS) is 11.4. The van der Waals surface area contributed by atoms with Crippen LogP contribution in [0.4, 0.5) is 5.82 Å². The molecule has 0 unspecified atom stereocenters. The van der Waals surface area contributed by atoms with Crippen molar-refractivity contribution < 1.29 is 0 Å². The van der Waals surface area contributed by atoms with Crippen molar-refractivity contribution >= 4 is 38.4 Å². The van der Waals surface area contributed by atoms with Gasteiger partial charge in [-0.3, -0.25) is 0 Å². The van der Waals surface area contributed by atoms with Gasteiger partial charge in [-0.25, -0.2) is 19.6 Å². The summed E-state index contributed by atoms with van der Waals surface area (Å²) in [6.07, 6.45) is 3.61. The number of nitrogen functional groups attached to an aromatic ring is 1. The molecule has 0 spiro atoms. The molecule has 0 aliphatic carbocycles. The zero-order valence-electron chi connectivity index (χ0n) is 14.5. The molecule has 0 saturated heterocycles. The molecule has 0 saturated carbocycles. The Bertz CT molecular complexity index is 1060. The molecule has 0 radical (unpaired) electrons. The number of hydrogen-bond donors (Lipinski definition) is 1. The van der Waals surface area contributed by atoms with Gasteiger partial charge >= 0.3 is 0 Å². The number of nitrogens with two attached hydrogens (primary N) is 1. The first-order valence-electron chi connectivity index (χ1n) is 8.47. The summed E-state index contributed by atoms with van der Waals surface area (Å²) in [4.78, 5) is 13.3. The lowest BCUT2D eigenvalue weighted by atomic mass is 10.1. The average Bonchev–Trinajstić information content (AvgIpc) is 3.16. The van der Waals surface area contributed by atoms with E-state index in [1.807, 2.05) is 4.68 Å². The maximum absolute atomic E-state index is 6.15. The molecule has 0 aliphatic heterocycles. The molecule has 26 heavy (non-hydrogen) atoms. The van der Waals surface area contributed by atoms with Gasteiger partial charge in [0, 0.05) is 11.6 Å². The molecule has 6 nitrogen and oxygen atoms in total. The SMILES string of the molecule is C.CCCc1nc2ccc(-c3nn(C(C)C)c4ncnc(N)c34)cc2s1. The zero-order chi connectivity index (χ0) is 17.6. The molecule has 0 amide bonds. The second kappa shape index (κ2) is 6.99. The summed E-state index contributed by atoms with van der Waals surface area (Å²) in [6, 6.07) is 6.44. The molecule has 4 aromatic rings. The van der Waals surface area contributed by atoms with Crippen LogP contribution in [0.2, 0.25) is 0 Å². The highest BCUT2D eigenvalue weighted by molar-refractivity contribution is 7.18. The van der Waals surface area contributed by atoms with Crippen LogP contribution < -0.4 is 5.73 Å². The van der Waals surface area contributed by atoms with Crippen LogP contribution in [-0.4, -0.2) is 24.7 Å². The minimum absolute atomic E-state index is 0. The van der Waals surface area contributed by atoms with E-state index >= 15 is 0 Å². The molecule has 136 valence electrons. The summed E-state index contributed by atoms with van der Waals surface area (Å²) < 4.78 is 3.07. The van der Waals surface area contributed by atoms with E-state index in [0.29, 0.717) is 5.82 Å². The number of nitrogens with zero attached hydrogens (tertiary/aromatic N) is 5. The van der Waals surface area contributed by atoms with Crippen LogP contribution >= 0.6 is 11.3 Å². The Labute approximate surface area is 157 Å². The average molecular weight is 369 g/mol. The van der Waals surface area contributed by atoms with Crippen LogP contribution in [0.15, 0.2) is 24.5 Å². The summed E-state index contributed by atoms with van der Waals surface area (Å²) in [5.74, 6) is 0.461.